The van der Waals surface area contributed by atoms with Gasteiger partial charge < -0.3 is 20.4 Å². The first-order chi connectivity index (χ1) is 10.7. The summed E-state index contributed by atoms with van der Waals surface area (Å²) < 4.78 is 2.77. The molecule has 0 aromatic heterocycles. The van der Waals surface area contributed by atoms with Gasteiger partial charge in [0.15, 0.2) is 12.2 Å². The van der Waals surface area contributed by atoms with Crippen molar-refractivity contribution in [2.75, 3.05) is 56.6 Å². The standard InChI is InChI=1S/C9H18Br2N2.C4H6O6/c10-1-3-12-5-7-13(9-12,4-2-11)8-6-12;5-1(3(7)8)2(6)4(9)10/h1-9H2;1-2,5-6H,(H,7,8)(H,9,10)/q+2;. The fourth-order valence-electron chi connectivity index (χ4n) is 3.21. The molecule has 2 unspecified atom stereocenters. The van der Waals surface area contributed by atoms with Gasteiger partial charge in [-0.3, -0.25) is 8.97 Å². The van der Waals surface area contributed by atoms with Gasteiger partial charge in [-0.25, -0.2) is 9.59 Å². The van der Waals surface area contributed by atoms with E-state index in [-0.39, 0.29) is 0 Å². The zero-order valence-electron chi connectivity index (χ0n) is 12.8. The average Bonchev–Trinajstić information content (AvgIpc) is 3.02. The molecule has 4 N–H and O–H groups in total. The number of aliphatic carboxylic acids is 2. The predicted molar refractivity (Wildman–Crippen MR) is 89.5 cm³/mol. The van der Waals surface area contributed by atoms with Crippen molar-refractivity contribution in [3.05, 3.63) is 0 Å². The molecule has 0 spiro atoms. The third-order valence-electron chi connectivity index (χ3n) is 4.62. The highest BCUT2D eigenvalue weighted by atomic mass is 79.9. The molecule has 10 heteroatoms. The molecule has 2 rings (SSSR count). The third-order valence-corrected chi connectivity index (χ3v) is 5.33. The number of rotatable bonds is 7. The maximum absolute atomic E-state index is 9.77. The Bertz CT molecular complexity index is 391. The van der Waals surface area contributed by atoms with Crippen LogP contribution < -0.4 is 0 Å². The van der Waals surface area contributed by atoms with Crippen molar-refractivity contribution in [3.63, 3.8) is 0 Å². The maximum Gasteiger partial charge on any atom is 0.335 e. The van der Waals surface area contributed by atoms with Crippen molar-refractivity contribution in [2.24, 2.45) is 0 Å². The van der Waals surface area contributed by atoms with Crippen LogP contribution in [0.4, 0.5) is 0 Å². The number of halogens is 2. The summed E-state index contributed by atoms with van der Waals surface area (Å²) in [6.45, 7) is 9.73. The van der Waals surface area contributed by atoms with Crippen LogP contribution in [0.15, 0.2) is 0 Å². The molecule has 2 aliphatic heterocycles. The summed E-state index contributed by atoms with van der Waals surface area (Å²) in [7, 11) is 0. The Morgan fingerprint density at radius 1 is 0.826 bits per heavy atom. The average molecular weight is 464 g/mol. The van der Waals surface area contributed by atoms with Crippen LogP contribution in [-0.4, -0.2) is 110 Å². The number of aliphatic hydroxyl groups excluding tert-OH is 2. The monoisotopic (exact) mass is 462 g/mol. The van der Waals surface area contributed by atoms with E-state index in [0.717, 1.165) is 0 Å². The Morgan fingerprint density at radius 3 is 1.35 bits per heavy atom. The number of fused-ring (bicyclic) bond motifs is 2. The summed E-state index contributed by atoms with van der Waals surface area (Å²) in [6, 6.07) is 0. The molecular formula is C13H24Br2N2O6+2. The molecule has 2 aliphatic rings. The number of aliphatic hydroxyl groups is 2. The van der Waals surface area contributed by atoms with E-state index in [0.29, 0.717) is 0 Å². The lowest BCUT2D eigenvalue weighted by Gasteiger charge is -2.26. The Balaban J connectivity index is 0.000000241. The molecule has 2 atom stereocenters. The van der Waals surface area contributed by atoms with Crippen molar-refractivity contribution in [1.29, 1.82) is 0 Å². The topological polar surface area (TPSA) is 115 Å². The number of alkyl halides is 2. The number of piperazine rings is 1. The van der Waals surface area contributed by atoms with Gasteiger partial charge in [0, 0.05) is 0 Å². The van der Waals surface area contributed by atoms with Gasteiger partial charge in [-0.05, 0) is 0 Å². The van der Waals surface area contributed by atoms with E-state index < -0.39 is 24.1 Å². The maximum atomic E-state index is 9.77. The van der Waals surface area contributed by atoms with Gasteiger partial charge >= 0.3 is 11.9 Å². The van der Waals surface area contributed by atoms with Crippen LogP contribution >= 0.6 is 31.9 Å². The number of carboxylic acid groups (broad SMARTS) is 2. The number of nitrogens with zero attached hydrogens (tertiary/aromatic N) is 2. The number of quaternary nitrogens is 2. The Hall–Kier alpha value is -0.260. The first-order valence-corrected chi connectivity index (χ1v) is 9.59. The lowest BCUT2D eigenvalue weighted by Crippen LogP contribution is -2.48. The molecule has 2 fully saturated rings. The van der Waals surface area contributed by atoms with Crippen molar-refractivity contribution in [2.45, 2.75) is 12.2 Å². The lowest BCUT2D eigenvalue weighted by molar-refractivity contribution is -0.985. The van der Waals surface area contributed by atoms with E-state index in [4.69, 9.17) is 20.4 Å². The molecule has 2 bridgehead atoms. The van der Waals surface area contributed by atoms with E-state index in [1.807, 2.05) is 0 Å². The molecule has 0 amide bonds. The van der Waals surface area contributed by atoms with Crippen molar-refractivity contribution in [3.8, 4) is 0 Å². The second kappa shape index (κ2) is 8.72. The zero-order valence-corrected chi connectivity index (χ0v) is 15.9. The summed E-state index contributed by atoms with van der Waals surface area (Å²) in [5.41, 5.74) is 0. The Labute approximate surface area is 151 Å². The first-order valence-electron chi connectivity index (χ1n) is 7.35. The minimum Gasteiger partial charge on any atom is -0.479 e. The molecule has 0 aliphatic carbocycles. The summed E-state index contributed by atoms with van der Waals surface area (Å²) >= 11 is 7.16. The molecule has 0 radical (unpaired) electrons. The van der Waals surface area contributed by atoms with Crippen LogP contribution in [0.2, 0.25) is 0 Å². The Morgan fingerprint density at radius 2 is 1.13 bits per heavy atom. The number of hydrogen-bond donors (Lipinski definition) is 4. The van der Waals surface area contributed by atoms with Crippen molar-refractivity contribution in [1.82, 2.24) is 0 Å². The van der Waals surface area contributed by atoms with Gasteiger partial charge in [-0.15, -0.1) is 0 Å². The molecule has 0 aromatic rings. The molecule has 8 nitrogen and oxygen atoms in total. The molecule has 23 heavy (non-hydrogen) atoms. The quantitative estimate of drug-likeness (QED) is 0.292. The number of carbonyl (C=O) groups is 2. The summed E-state index contributed by atoms with van der Waals surface area (Å²) in [4.78, 5) is 19.5. The van der Waals surface area contributed by atoms with Crippen LogP contribution in [0.1, 0.15) is 0 Å². The summed E-state index contributed by atoms with van der Waals surface area (Å²) in [5, 5.41) is 34.9. The van der Waals surface area contributed by atoms with E-state index >= 15 is 0 Å². The summed E-state index contributed by atoms with van der Waals surface area (Å²) in [5.74, 6) is -3.54. The predicted octanol–water partition coefficient (Wildman–Crippen LogP) is -0.728. The van der Waals surface area contributed by atoms with Gasteiger partial charge in [0.1, 0.15) is 26.2 Å². The van der Waals surface area contributed by atoms with Crippen molar-refractivity contribution >= 4 is 43.8 Å². The number of carboxylic acids is 2. The second-order valence-electron chi connectivity index (χ2n) is 6.11. The van der Waals surface area contributed by atoms with Crippen LogP contribution in [0.5, 0.6) is 0 Å². The van der Waals surface area contributed by atoms with E-state index in [1.165, 1.54) is 65.6 Å². The third kappa shape index (κ3) is 5.36. The highest BCUT2D eigenvalue weighted by molar-refractivity contribution is 9.09. The highest BCUT2D eigenvalue weighted by Crippen LogP contribution is 2.31. The molecule has 0 saturated carbocycles. The molecular weight excluding hydrogens is 440 g/mol. The minimum absolute atomic E-state index is 1.17. The van der Waals surface area contributed by atoms with Crippen LogP contribution in [0.3, 0.4) is 0 Å². The molecule has 2 heterocycles. The van der Waals surface area contributed by atoms with Gasteiger partial charge in [-0.1, -0.05) is 31.9 Å². The Kier molecular flexibility index (Phi) is 7.88. The fraction of sp³-hybridized carbons (Fsp3) is 0.846. The highest BCUT2D eigenvalue weighted by Gasteiger charge is 2.54. The van der Waals surface area contributed by atoms with E-state index in [2.05, 4.69) is 31.9 Å². The van der Waals surface area contributed by atoms with Gasteiger partial charge in [0.25, 0.3) is 0 Å². The van der Waals surface area contributed by atoms with Crippen LogP contribution in [-0.2, 0) is 9.59 Å². The lowest BCUT2D eigenvalue weighted by atomic mass is 10.2. The smallest absolute Gasteiger partial charge is 0.335 e. The molecule has 0 aromatic carbocycles. The zero-order chi connectivity index (χ0) is 17.7. The first kappa shape index (κ1) is 20.8. The minimum atomic E-state index is -2.27. The molecule has 2 saturated heterocycles. The van der Waals surface area contributed by atoms with Crippen LogP contribution in [0, 0.1) is 0 Å². The normalized spacial score (nSPS) is 31.1. The fourth-order valence-corrected chi connectivity index (χ4v) is 4.71. The van der Waals surface area contributed by atoms with Gasteiger partial charge in [0.05, 0.1) is 23.7 Å². The molecule has 134 valence electrons. The van der Waals surface area contributed by atoms with Gasteiger partial charge in [-0.2, -0.15) is 0 Å². The second-order valence-corrected chi connectivity index (χ2v) is 7.70. The van der Waals surface area contributed by atoms with Crippen LogP contribution in [0.25, 0.3) is 0 Å². The number of hydrogen-bond acceptors (Lipinski definition) is 4. The largest absolute Gasteiger partial charge is 0.479 e. The van der Waals surface area contributed by atoms with E-state index in [9.17, 15) is 9.59 Å². The van der Waals surface area contributed by atoms with Gasteiger partial charge in [0.2, 0.25) is 6.67 Å². The SMILES string of the molecule is BrCC[N+]12CC[N+](CCBr)(CC1)C2.O=C(O)C(O)C(O)C(=O)O. The van der Waals surface area contributed by atoms with Crippen molar-refractivity contribution < 1.29 is 39.0 Å². The summed E-state index contributed by atoms with van der Waals surface area (Å²) in [6.07, 6.45) is -4.53. The van der Waals surface area contributed by atoms with E-state index in [1.54, 1.807) is 0 Å².